The van der Waals surface area contributed by atoms with E-state index in [1.54, 1.807) is 11.8 Å². The van der Waals surface area contributed by atoms with Gasteiger partial charge in [-0.1, -0.05) is 13.3 Å². The van der Waals surface area contributed by atoms with Gasteiger partial charge in [0.1, 0.15) is 5.82 Å². The quantitative estimate of drug-likeness (QED) is 0.776. The van der Waals surface area contributed by atoms with E-state index >= 15 is 0 Å². The zero-order chi connectivity index (χ0) is 15.1. The zero-order valence-electron chi connectivity index (χ0n) is 13.3. The summed E-state index contributed by atoms with van der Waals surface area (Å²) in [5.74, 6) is 2.81. The van der Waals surface area contributed by atoms with Gasteiger partial charge in [0.25, 0.3) is 0 Å². The molecule has 0 N–H and O–H groups in total. The number of rotatable bonds is 7. The first-order chi connectivity index (χ1) is 10.3. The molecule has 0 saturated carbocycles. The van der Waals surface area contributed by atoms with Crippen molar-refractivity contribution in [1.29, 1.82) is 0 Å². The summed E-state index contributed by atoms with van der Waals surface area (Å²) >= 11 is 1.74. The summed E-state index contributed by atoms with van der Waals surface area (Å²) in [4.78, 5) is 18.8. The second kappa shape index (κ2) is 8.47. The Hall–Kier alpha value is -0.970. The van der Waals surface area contributed by atoms with Gasteiger partial charge in [-0.3, -0.25) is 4.79 Å². The molecule has 0 unspecified atom stereocenters. The first kappa shape index (κ1) is 16.4. The maximum atomic E-state index is 12.2. The molecular formula is C16H27N3OS. The van der Waals surface area contributed by atoms with Crippen molar-refractivity contribution in [2.75, 3.05) is 25.1 Å². The van der Waals surface area contributed by atoms with Crippen molar-refractivity contribution < 1.29 is 4.79 Å². The van der Waals surface area contributed by atoms with Gasteiger partial charge in [-0.15, -0.1) is 0 Å². The minimum atomic E-state index is 0.306. The smallest absolute Gasteiger partial charge is 0.223 e. The molecule has 1 amide bonds. The highest BCUT2D eigenvalue weighted by Crippen LogP contribution is 2.26. The standard InChI is InChI=1S/C16H27N3OS/c1-3-4-9-18-11-8-17-16(18)14-6-5-10-19(13-14)15(20)7-12-21-2/h8,11,14H,3-7,9-10,12-13H2,1-2H3/t14-/m0/s1. The molecule has 0 aliphatic carbocycles. The summed E-state index contributed by atoms with van der Waals surface area (Å²) in [6.45, 7) is 5.02. The first-order valence-electron chi connectivity index (χ1n) is 8.04. The van der Waals surface area contributed by atoms with Gasteiger partial charge in [-0.2, -0.15) is 11.8 Å². The number of unbranched alkanes of at least 4 members (excludes halogenated alkanes) is 1. The maximum absolute atomic E-state index is 12.2. The molecule has 118 valence electrons. The third-order valence-electron chi connectivity index (χ3n) is 4.16. The fourth-order valence-electron chi connectivity index (χ4n) is 2.96. The lowest BCUT2D eigenvalue weighted by atomic mass is 9.97. The van der Waals surface area contributed by atoms with Gasteiger partial charge in [0.05, 0.1) is 0 Å². The van der Waals surface area contributed by atoms with Crippen molar-refractivity contribution in [1.82, 2.24) is 14.5 Å². The number of hydrogen-bond donors (Lipinski definition) is 0. The van der Waals surface area contributed by atoms with Crippen LogP contribution in [0.3, 0.4) is 0 Å². The molecule has 21 heavy (non-hydrogen) atoms. The third kappa shape index (κ3) is 4.50. The number of aromatic nitrogens is 2. The number of carbonyl (C=O) groups excluding carboxylic acids is 1. The largest absolute Gasteiger partial charge is 0.342 e. The van der Waals surface area contributed by atoms with E-state index in [4.69, 9.17) is 0 Å². The van der Waals surface area contributed by atoms with Gasteiger partial charge in [0.2, 0.25) is 5.91 Å². The minimum Gasteiger partial charge on any atom is -0.342 e. The number of piperidine rings is 1. The molecule has 1 fully saturated rings. The van der Waals surface area contributed by atoms with Gasteiger partial charge in [0, 0.05) is 50.1 Å². The van der Waals surface area contributed by atoms with Crippen LogP contribution in [0.15, 0.2) is 12.4 Å². The van der Waals surface area contributed by atoms with Crippen molar-refractivity contribution in [3.05, 3.63) is 18.2 Å². The molecule has 1 aromatic heterocycles. The van der Waals surface area contributed by atoms with Gasteiger partial charge in [-0.05, 0) is 25.5 Å². The van der Waals surface area contributed by atoms with Crippen LogP contribution in [0.5, 0.6) is 0 Å². The Labute approximate surface area is 132 Å². The summed E-state index contributed by atoms with van der Waals surface area (Å²) < 4.78 is 2.28. The molecule has 0 bridgehead atoms. The fraction of sp³-hybridized carbons (Fsp3) is 0.750. The summed E-state index contributed by atoms with van der Waals surface area (Å²) in [6.07, 6.45) is 11.3. The molecule has 1 aliphatic rings. The Balaban J connectivity index is 1.97. The van der Waals surface area contributed by atoms with E-state index < -0.39 is 0 Å². The van der Waals surface area contributed by atoms with E-state index in [1.807, 2.05) is 11.1 Å². The second-order valence-corrected chi connectivity index (χ2v) is 6.74. The normalized spacial score (nSPS) is 19.0. The summed E-state index contributed by atoms with van der Waals surface area (Å²) in [6, 6.07) is 0. The Morgan fingerprint density at radius 2 is 2.38 bits per heavy atom. The molecule has 0 spiro atoms. The summed E-state index contributed by atoms with van der Waals surface area (Å²) in [5.41, 5.74) is 0. The van der Waals surface area contributed by atoms with E-state index in [0.29, 0.717) is 18.2 Å². The Morgan fingerprint density at radius 1 is 1.52 bits per heavy atom. The van der Waals surface area contributed by atoms with Gasteiger partial charge < -0.3 is 9.47 Å². The topological polar surface area (TPSA) is 38.1 Å². The lowest BCUT2D eigenvalue weighted by Crippen LogP contribution is -2.39. The van der Waals surface area contributed by atoms with E-state index in [0.717, 1.165) is 38.2 Å². The second-order valence-electron chi connectivity index (χ2n) is 5.75. The average Bonchev–Trinajstić information content (AvgIpc) is 2.99. The zero-order valence-corrected chi connectivity index (χ0v) is 14.1. The van der Waals surface area contributed by atoms with E-state index in [1.165, 1.54) is 18.7 Å². The lowest BCUT2D eigenvalue weighted by molar-refractivity contribution is -0.132. The monoisotopic (exact) mass is 309 g/mol. The maximum Gasteiger partial charge on any atom is 0.223 e. The summed E-state index contributed by atoms with van der Waals surface area (Å²) in [7, 11) is 0. The van der Waals surface area contributed by atoms with Crippen molar-refractivity contribution in [2.45, 2.75) is 51.5 Å². The van der Waals surface area contributed by atoms with Crippen LogP contribution >= 0.6 is 11.8 Å². The number of amides is 1. The minimum absolute atomic E-state index is 0.306. The van der Waals surface area contributed by atoms with Crippen molar-refractivity contribution in [2.24, 2.45) is 0 Å². The Kier molecular flexibility index (Phi) is 6.61. The van der Waals surface area contributed by atoms with Crippen LogP contribution in [-0.2, 0) is 11.3 Å². The van der Waals surface area contributed by atoms with Crippen molar-refractivity contribution in [3.63, 3.8) is 0 Å². The first-order valence-corrected chi connectivity index (χ1v) is 9.43. The molecule has 2 heterocycles. The molecule has 0 radical (unpaired) electrons. The summed E-state index contributed by atoms with van der Waals surface area (Å²) in [5, 5.41) is 0. The SMILES string of the molecule is CCCCn1ccnc1[C@H]1CCCN(C(=O)CCSC)C1. The highest BCUT2D eigenvalue weighted by molar-refractivity contribution is 7.98. The number of hydrogen-bond acceptors (Lipinski definition) is 3. The molecule has 5 heteroatoms. The van der Waals surface area contributed by atoms with Crippen LogP contribution in [0.2, 0.25) is 0 Å². The highest BCUT2D eigenvalue weighted by Gasteiger charge is 2.26. The van der Waals surface area contributed by atoms with E-state index in [-0.39, 0.29) is 0 Å². The van der Waals surface area contributed by atoms with Gasteiger partial charge in [-0.25, -0.2) is 4.98 Å². The van der Waals surface area contributed by atoms with Crippen molar-refractivity contribution in [3.8, 4) is 0 Å². The Morgan fingerprint density at radius 3 is 3.14 bits per heavy atom. The van der Waals surface area contributed by atoms with Gasteiger partial charge in [0.15, 0.2) is 0 Å². The van der Waals surface area contributed by atoms with Crippen LogP contribution in [0, 0.1) is 0 Å². The predicted octanol–water partition coefficient (Wildman–Crippen LogP) is 3.14. The number of nitrogens with zero attached hydrogens (tertiary/aromatic N) is 3. The molecule has 1 atom stereocenters. The number of thioether (sulfide) groups is 1. The Bertz CT molecular complexity index is 446. The fourth-order valence-corrected chi connectivity index (χ4v) is 3.34. The molecule has 1 saturated heterocycles. The van der Waals surface area contributed by atoms with Crippen molar-refractivity contribution >= 4 is 17.7 Å². The van der Waals surface area contributed by atoms with Gasteiger partial charge >= 0.3 is 0 Å². The molecule has 1 aromatic rings. The number of imidazole rings is 1. The van der Waals surface area contributed by atoms with Crippen LogP contribution in [-0.4, -0.2) is 45.5 Å². The predicted molar refractivity (Wildman–Crippen MR) is 88.7 cm³/mol. The number of carbonyl (C=O) groups is 1. The third-order valence-corrected chi connectivity index (χ3v) is 4.77. The molecule has 4 nitrogen and oxygen atoms in total. The number of likely N-dealkylation sites (tertiary alicyclic amines) is 1. The van der Waals surface area contributed by atoms with Crippen LogP contribution in [0.4, 0.5) is 0 Å². The molecule has 1 aliphatic heterocycles. The van der Waals surface area contributed by atoms with E-state index in [9.17, 15) is 4.79 Å². The molecular weight excluding hydrogens is 282 g/mol. The molecule has 0 aromatic carbocycles. The van der Waals surface area contributed by atoms with Crippen LogP contribution in [0.1, 0.15) is 50.8 Å². The van der Waals surface area contributed by atoms with Crippen LogP contribution < -0.4 is 0 Å². The highest BCUT2D eigenvalue weighted by atomic mass is 32.2. The average molecular weight is 309 g/mol. The molecule has 2 rings (SSSR count). The van der Waals surface area contributed by atoms with Crippen LogP contribution in [0.25, 0.3) is 0 Å². The van der Waals surface area contributed by atoms with E-state index in [2.05, 4.69) is 28.9 Å². The number of aryl methyl sites for hydroxylation is 1. The lowest BCUT2D eigenvalue weighted by Gasteiger charge is -2.32.